The molecule has 0 aliphatic rings. The normalized spacial score (nSPS) is 13.0. The summed E-state index contributed by atoms with van der Waals surface area (Å²) < 4.78 is 59.8. The molecule has 7 nitrogen and oxygen atoms in total. The van der Waals surface area contributed by atoms with E-state index in [0.29, 0.717) is 17.4 Å². The van der Waals surface area contributed by atoms with Crippen LogP contribution in [0.4, 0.5) is 0 Å². The first-order valence-electron chi connectivity index (χ1n) is 3.44. The summed E-state index contributed by atoms with van der Waals surface area (Å²) in [6.07, 6.45) is 0. The summed E-state index contributed by atoms with van der Waals surface area (Å²) in [7, 11) is -9.02. The quantitative estimate of drug-likeness (QED) is 0.643. The standard InChI is InChI=1S/C5H7NO6S3/c6-2-3-4(14(7,8)9)1-5(13-3)15(10,11)12/h1H,2,6H2,(H,7,8,9)(H,10,11,12). The summed E-state index contributed by atoms with van der Waals surface area (Å²) in [4.78, 5) is -0.632. The molecule has 4 N–H and O–H groups in total. The molecule has 0 aromatic carbocycles. The second-order valence-electron chi connectivity index (χ2n) is 2.51. The second-order valence-corrected chi connectivity index (χ2v) is 6.68. The third kappa shape index (κ3) is 2.74. The second kappa shape index (κ2) is 3.81. The summed E-state index contributed by atoms with van der Waals surface area (Å²) in [5.74, 6) is 0. The first-order chi connectivity index (χ1) is 6.66. The number of nitrogens with two attached hydrogens (primary N) is 1. The van der Waals surface area contributed by atoms with Crippen LogP contribution >= 0.6 is 11.3 Å². The zero-order valence-electron chi connectivity index (χ0n) is 7.11. The van der Waals surface area contributed by atoms with E-state index in [1.54, 1.807) is 0 Å². The minimum Gasteiger partial charge on any atom is -0.326 e. The molecule has 1 rings (SSSR count). The van der Waals surface area contributed by atoms with Crippen LogP contribution in [-0.2, 0) is 26.8 Å². The van der Waals surface area contributed by atoms with E-state index in [0.717, 1.165) is 0 Å². The number of rotatable bonds is 3. The van der Waals surface area contributed by atoms with E-state index < -0.39 is 29.3 Å². The van der Waals surface area contributed by atoms with Gasteiger partial charge in [0.25, 0.3) is 10.1 Å². The van der Waals surface area contributed by atoms with Crippen LogP contribution in [-0.4, -0.2) is 25.9 Å². The Bertz CT molecular complexity index is 568. The van der Waals surface area contributed by atoms with Gasteiger partial charge in [0.2, 0.25) is 0 Å². The first kappa shape index (κ1) is 12.5. The molecule has 86 valence electrons. The Morgan fingerprint density at radius 1 is 1.20 bits per heavy atom. The average Bonchev–Trinajstić information content (AvgIpc) is 2.44. The lowest BCUT2D eigenvalue weighted by molar-refractivity contribution is 0.482. The lowest BCUT2D eigenvalue weighted by Gasteiger charge is -1.94. The number of hydrogen-bond acceptors (Lipinski definition) is 6. The molecular formula is C5H7NO6S3. The maximum atomic E-state index is 10.8. The molecule has 0 radical (unpaired) electrons. The third-order valence-corrected chi connectivity index (χ3v) is 4.97. The van der Waals surface area contributed by atoms with Crippen molar-refractivity contribution in [2.24, 2.45) is 5.73 Å². The molecule has 0 spiro atoms. The van der Waals surface area contributed by atoms with Gasteiger partial charge in [0, 0.05) is 11.4 Å². The van der Waals surface area contributed by atoms with E-state index in [-0.39, 0.29) is 11.4 Å². The van der Waals surface area contributed by atoms with Crippen molar-refractivity contribution in [3.05, 3.63) is 10.9 Å². The molecule has 0 aliphatic carbocycles. The van der Waals surface area contributed by atoms with Gasteiger partial charge >= 0.3 is 10.1 Å². The Morgan fingerprint density at radius 3 is 2.00 bits per heavy atom. The van der Waals surface area contributed by atoms with Crippen LogP contribution in [0.5, 0.6) is 0 Å². The Kier molecular flexibility index (Phi) is 3.19. The Balaban J connectivity index is 3.51. The van der Waals surface area contributed by atoms with Gasteiger partial charge in [-0.1, -0.05) is 0 Å². The van der Waals surface area contributed by atoms with Crippen LogP contribution in [0, 0.1) is 0 Å². The van der Waals surface area contributed by atoms with Crippen molar-refractivity contribution in [1.29, 1.82) is 0 Å². The monoisotopic (exact) mass is 273 g/mol. The summed E-state index contributed by atoms with van der Waals surface area (Å²) >= 11 is 0.491. The number of thiophene rings is 1. The minimum absolute atomic E-state index is 0.0369. The summed E-state index contributed by atoms with van der Waals surface area (Å²) in [5, 5.41) is 0. The molecule has 0 aliphatic heterocycles. The van der Waals surface area contributed by atoms with E-state index in [2.05, 4.69) is 0 Å². The lowest BCUT2D eigenvalue weighted by Crippen LogP contribution is -2.03. The van der Waals surface area contributed by atoms with Crippen molar-refractivity contribution in [2.75, 3.05) is 0 Å². The van der Waals surface area contributed by atoms with Gasteiger partial charge in [-0.15, -0.1) is 11.3 Å². The van der Waals surface area contributed by atoms with Gasteiger partial charge in [-0.25, -0.2) is 0 Å². The van der Waals surface area contributed by atoms with E-state index in [1.807, 2.05) is 0 Å². The molecule has 0 fully saturated rings. The Morgan fingerprint density at radius 2 is 1.73 bits per heavy atom. The molecule has 10 heteroatoms. The van der Waals surface area contributed by atoms with Gasteiger partial charge in [-0.05, 0) is 6.07 Å². The number of hydrogen-bond donors (Lipinski definition) is 3. The van der Waals surface area contributed by atoms with Crippen molar-refractivity contribution < 1.29 is 25.9 Å². The molecular weight excluding hydrogens is 266 g/mol. The fourth-order valence-electron chi connectivity index (χ4n) is 0.876. The molecule has 0 amide bonds. The van der Waals surface area contributed by atoms with E-state index in [4.69, 9.17) is 14.8 Å². The van der Waals surface area contributed by atoms with Gasteiger partial charge in [0.15, 0.2) is 0 Å². The summed E-state index contributed by atoms with van der Waals surface area (Å²) in [6, 6.07) is 0.664. The Labute approximate surface area is 90.0 Å². The van der Waals surface area contributed by atoms with Crippen LogP contribution in [0.25, 0.3) is 0 Å². The molecule has 15 heavy (non-hydrogen) atoms. The fraction of sp³-hybridized carbons (Fsp3) is 0.200. The van der Waals surface area contributed by atoms with Crippen LogP contribution in [0.15, 0.2) is 15.2 Å². The molecule has 1 heterocycles. The molecule has 0 unspecified atom stereocenters. The summed E-state index contributed by atoms with van der Waals surface area (Å²) in [6.45, 7) is -0.255. The lowest BCUT2D eigenvalue weighted by atomic mass is 10.5. The predicted octanol–water partition coefficient (Wildman–Crippen LogP) is -0.300. The van der Waals surface area contributed by atoms with Crippen LogP contribution in [0.1, 0.15) is 4.88 Å². The molecule has 0 saturated carbocycles. The van der Waals surface area contributed by atoms with Crippen molar-refractivity contribution in [2.45, 2.75) is 15.6 Å². The smallest absolute Gasteiger partial charge is 0.304 e. The minimum atomic E-state index is -4.53. The first-order valence-corrected chi connectivity index (χ1v) is 7.13. The van der Waals surface area contributed by atoms with Crippen LogP contribution < -0.4 is 5.73 Å². The largest absolute Gasteiger partial charge is 0.326 e. The van der Waals surface area contributed by atoms with E-state index >= 15 is 0 Å². The van der Waals surface area contributed by atoms with E-state index in [9.17, 15) is 16.8 Å². The third-order valence-electron chi connectivity index (χ3n) is 1.47. The summed E-state index contributed by atoms with van der Waals surface area (Å²) in [5.41, 5.74) is 5.16. The van der Waals surface area contributed by atoms with Crippen molar-refractivity contribution in [1.82, 2.24) is 0 Å². The van der Waals surface area contributed by atoms with Crippen molar-refractivity contribution in [3.63, 3.8) is 0 Å². The van der Waals surface area contributed by atoms with Gasteiger partial charge < -0.3 is 5.73 Å². The maximum Gasteiger partial charge on any atom is 0.304 e. The zero-order valence-corrected chi connectivity index (χ0v) is 9.56. The zero-order chi connectivity index (χ0) is 11.9. The van der Waals surface area contributed by atoms with E-state index in [1.165, 1.54) is 0 Å². The van der Waals surface area contributed by atoms with Crippen molar-refractivity contribution >= 4 is 31.6 Å². The van der Waals surface area contributed by atoms with Crippen LogP contribution in [0.2, 0.25) is 0 Å². The highest BCUT2D eigenvalue weighted by atomic mass is 32.3. The van der Waals surface area contributed by atoms with Gasteiger partial charge in [-0.3, -0.25) is 9.11 Å². The molecule has 1 aromatic rings. The highest BCUT2D eigenvalue weighted by molar-refractivity contribution is 7.88. The van der Waals surface area contributed by atoms with Gasteiger partial charge in [0.05, 0.1) is 0 Å². The molecule has 0 bridgehead atoms. The topological polar surface area (TPSA) is 135 Å². The molecule has 1 aromatic heterocycles. The van der Waals surface area contributed by atoms with Crippen LogP contribution in [0.3, 0.4) is 0 Å². The SMILES string of the molecule is NCc1sc(S(=O)(=O)O)cc1S(=O)(=O)O. The highest BCUT2D eigenvalue weighted by Gasteiger charge is 2.23. The Hall–Kier alpha value is -0.520. The van der Waals surface area contributed by atoms with Crippen molar-refractivity contribution in [3.8, 4) is 0 Å². The van der Waals surface area contributed by atoms with Gasteiger partial charge in [0.1, 0.15) is 9.10 Å². The predicted molar refractivity (Wildman–Crippen MR) is 51.8 cm³/mol. The molecule has 0 atom stereocenters. The highest BCUT2D eigenvalue weighted by Crippen LogP contribution is 2.29. The van der Waals surface area contributed by atoms with Gasteiger partial charge in [-0.2, -0.15) is 16.8 Å². The maximum absolute atomic E-state index is 10.8. The molecule has 0 saturated heterocycles. The fourth-order valence-corrected chi connectivity index (χ4v) is 3.76. The average molecular weight is 273 g/mol.